The van der Waals surface area contributed by atoms with E-state index in [1.54, 1.807) is 12.1 Å². The van der Waals surface area contributed by atoms with Gasteiger partial charge in [-0.25, -0.2) is 0 Å². The van der Waals surface area contributed by atoms with Gasteiger partial charge in [0.05, 0.1) is 0 Å². The SMILES string of the molecule is CCNC(CCOCC(F)(F)F)c1ccc(Cl)cc1. The van der Waals surface area contributed by atoms with Crippen molar-refractivity contribution in [3.8, 4) is 0 Å². The number of alkyl halides is 3. The highest BCUT2D eigenvalue weighted by atomic mass is 35.5. The van der Waals surface area contributed by atoms with E-state index >= 15 is 0 Å². The molecule has 2 nitrogen and oxygen atoms in total. The Morgan fingerprint density at radius 2 is 1.89 bits per heavy atom. The molecule has 0 heterocycles. The van der Waals surface area contributed by atoms with Crippen molar-refractivity contribution in [2.75, 3.05) is 19.8 Å². The van der Waals surface area contributed by atoms with E-state index < -0.39 is 12.8 Å². The number of nitrogens with one attached hydrogen (secondary N) is 1. The van der Waals surface area contributed by atoms with Gasteiger partial charge >= 0.3 is 6.18 Å². The first-order chi connectivity index (χ1) is 8.92. The van der Waals surface area contributed by atoms with E-state index in [9.17, 15) is 13.2 Å². The van der Waals surface area contributed by atoms with Crippen LogP contribution in [0, 0.1) is 0 Å². The first-order valence-electron chi connectivity index (χ1n) is 6.05. The third kappa shape index (κ3) is 6.80. The maximum Gasteiger partial charge on any atom is 0.411 e. The van der Waals surface area contributed by atoms with Crippen LogP contribution in [-0.4, -0.2) is 25.9 Å². The van der Waals surface area contributed by atoms with Gasteiger partial charge in [0.15, 0.2) is 0 Å². The number of hydrogen-bond acceptors (Lipinski definition) is 2. The summed E-state index contributed by atoms with van der Waals surface area (Å²) < 4.78 is 40.4. The highest BCUT2D eigenvalue weighted by Crippen LogP contribution is 2.20. The molecule has 0 fully saturated rings. The molecule has 0 aliphatic heterocycles. The van der Waals surface area contributed by atoms with Gasteiger partial charge in [0.2, 0.25) is 0 Å². The van der Waals surface area contributed by atoms with Crippen molar-refractivity contribution in [3.05, 3.63) is 34.9 Å². The Morgan fingerprint density at radius 1 is 1.26 bits per heavy atom. The molecule has 0 radical (unpaired) electrons. The average Bonchev–Trinajstić information content (AvgIpc) is 2.33. The fourth-order valence-electron chi connectivity index (χ4n) is 1.72. The molecule has 0 amide bonds. The van der Waals surface area contributed by atoms with Gasteiger partial charge in [0.25, 0.3) is 0 Å². The van der Waals surface area contributed by atoms with Crippen molar-refractivity contribution in [3.63, 3.8) is 0 Å². The molecule has 19 heavy (non-hydrogen) atoms. The molecular weight excluding hydrogens is 279 g/mol. The normalized spacial score (nSPS) is 13.5. The minimum absolute atomic E-state index is 0.0319. The predicted octanol–water partition coefficient (Wildman–Crippen LogP) is 3.96. The number of rotatable bonds is 7. The maximum atomic E-state index is 11.9. The van der Waals surface area contributed by atoms with Crippen LogP contribution in [0.5, 0.6) is 0 Å². The summed E-state index contributed by atoms with van der Waals surface area (Å²) in [5.41, 5.74) is 0.988. The first kappa shape index (κ1) is 16.3. The second-order valence-corrected chi connectivity index (χ2v) is 4.55. The van der Waals surface area contributed by atoms with Gasteiger partial charge in [0.1, 0.15) is 6.61 Å². The topological polar surface area (TPSA) is 21.3 Å². The lowest BCUT2D eigenvalue weighted by Crippen LogP contribution is -2.24. The summed E-state index contributed by atoms with van der Waals surface area (Å²) in [5, 5.41) is 3.84. The molecule has 0 saturated carbocycles. The van der Waals surface area contributed by atoms with Gasteiger partial charge in [-0.1, -0.05) is 30.7 Å². The molecule has 1 atom stereocenters. The molecule has 0 aromatic heterocycles. The highest BCUT2D eigenvalue weighted by molar-refractivity contribution is 6.30. The third-order valence-corrected chi connectivity index (χ3v) is 2.79. The van der Waals surface area contributed by atoms with E-state index in [0.29, 0.717) is 11.4 Å². The van der Waals surface area contributed by atoms with Crippen LogP contribution in [0.15, 0.2) is 24.3 Å². The van der Waals surface area contributed by atoms with Crippen LogP contribution in [0.25, 0.3) is 0 Å². The van der Waals surface area contributed by atoms with Crippen LogP contribution in [0.2, 0.25) is 5.02 Å². The van der Waals surface area contributed by atoms with E-state index in [2.05, 4.69) is 10.1 Å². The minimum Gasteiger partial charge on any atom is -0.372 e. The van der Waals surface area contributed by atoms with Crippen molar-refractivity contribution >= 4 is 11.6 Å². The van der Waals surface area contributed by atoms with Crippen LogP contribution in [-0.2, 0) is 4.74 Å². The molecule has 1 aromatic carbocycles. The smallest absolute Gasteiger partial charge is 0.372 e. The highest BCUT2D eigenvalue weighted by Gasteiger charge is 2.27. The van der Waals surface area contributed by atoms with Gasteiger partial charge in [-0.15, -0.1) is 0 Å². The molecule has 0 bridgehead atoms. The second-order valence-electron chi connectivity index (χ2n) is 4.12. The summed E-state index contributed by atoms with van der Waals surface area (Å²) in [7, 11) is 0. The van der Waals surface area contributed by atoms with Crippen molar-refractivity contribution in [1.29, 1.82) is 0 Å². The largest absolute Gasteiger partial charge is 0.411 e. The van der Waals surface area contributed by atoms with Gasteiger partial charge in [-0.05, 0) is 30.7 Å². The van der Waals surface area contributed by atoms with Crippen molar-refractivity contribution < 1.29 is 17.9 Å². The fraction of sp³-hybridized carbons (Fsp3) is 0.538. The predicted molar refractivity (Wildman–Crippen MR) is 69.4 cm³/mol. The molecule has 0 aliphatic carbocycles. The number of ether oxygens (including phenoxy) is 1. The first-order valence-corrected chi connectivity index (χ1v) is 6.43. The Hall–Kier alpha value is -0.780. The second kappa shape index (κ2) is 7.72. The number of benzene rings is 1. The molecule has 0 saturated heterocycles. The zero-order chi connectivity index (χ0) is 14.3. The number of hydrogen-bond donors (Lipinski definition) is 1. The molecule has 1 aromatic rings. The van der Waals surface area contributed by atoms with Crippen molar-refractivity contribution in [2.24, 2.45) is 0 Å². The van der Waals surface area contributed by atoms with Gasteiger partial charge in [-0.2, -0.15) is 13.2 Å². The minimum atomic E-state index is -4.27. The third-order valence-electron chi connectivity index (χ3n) is 2.54. The summed E-state index contributed by atoms with van der Waals surface area (Å²) in [4.78, 5) is 0. The van der Waals surface area contributed by atoms with Crippen molar-refractivity contribution in [1.82, 2.24) is 5.32 Å². The monoisotopic (exact) mass is 295 g/mol. The van der Waals surface area contributed by atoms with Crippen molar-refractivity contribution in [2.45, 2.75) is 25.6 Å². The van der Waals surface area contributed by atoms with E-state index in [1.807, 2.05) is 19.1 Å². The van der Waals surface area contributed by atoms with Gasteiger partial charge < -0.3 is 10.1 Å². The molecule has 0 aliphatic rings. The molecule has 1 N–H and O–H groups in total. The molecule has 108 valence electrons. The van der Waals surface area contributed by atoms with Crippen LogP contribution in [0.3, 0.4) is 0 Å². The van der Waals surface area contributed by atoms with Crippen LogP contribution < -0.4 is 5.32 Å². The molecule has 1 unspecified atom stereocenters. The zero-order valence-electron chi connectivity index (χ0n) is 10.6. The lowest BCUT2D eigenvalue weighted by Gasteiger charge is -2.18. The maximum absolute atomic E-state index is 11.9. The fourth-order valence-corrected chi connectivity index (χ4v) is 1.84. The summed E-state index contributed by atoms with van der Waals surface area (Å²) in [6, 6.07) is 7.21. The van der Waals surface area contributed by atoms with Crippen LogP contribution in [0.4, 0.5) is 13.2 Å². The Labute approximate surface area is 115 Å². The Kier molecular flexibility index (Phi) is 6.62. The van der Waals surface area contributed by atoms with Crippen LogP contribution >= 0.6 is 11.6 Å². The molecule has 1 rings (SSSR count). The van der Waals surface area contributed by atoms with E-state index in [0.717, 1.165) is 12.1 Å². The van der Waals surface area contributed by atoms with E-state index in [4.69, 9.17) is 11.6 Å². The summed E-state index contributed by atoms with van der Waals surface area (Å²) in [6.07, 6.45) is -3.79. The van der Waals surface area contributed by atoms with E-state index in [1.165, 1.54) is 0 Å². The van der Waals surface area contributed by atoms with Gasteiger partial charge in [0, 0.05) is 17.7 Å². The Bertz CT molecular complexity index is 367. The molecular formula is C13H17ClF3NO. The number of halogens is 4. The summed E-state index contributed by atoms with van der Waals surface area (Å²) in [6.45, 7) is 1.53. The summed E-state index contributed by atoms with van der Waals surface area (Å²) >= 11 is 5.80. The lowest BCUT2D eigenvalue weighted by atomic mass is 10.0. The van der Waals surface area contributed by atoms with E-state index in [-0.39, 0.29) is 12.6 Å². The Balaban J connectivity index is 2.47. The average molecular weight is 296 g/mol. The van der Waals surface area contributed by atoms with Gasteiger partial charge in [-0.3, -0.25) is 0 Å². The quantitative estimate of drug-likeness (QED) is 0.769. The zero-order valence-corrected chi connectivity index (χ0v) is 11.4. The molecule has 6 heteroatoms. The molecule has 0 spiro atoms. The lowest BCUT2D eigenvalue weighted by molar-refractivity contribution is -0.174. The summed E-state index contributed by atoms with van der Waals surface area (Å²) in [5.74, 6) is 0. The van der Waals surface area contributed by atoms with Crippen LogP contribution in [0.1, 0.15) is 24.9 Å². The Morgan fingerprint density at radius 3 is 2.42 bits per heavy atom. The standard InChI is InChI=1S/C13H17ClF3NO/c1-2-18-12(7-8-19-9-13(15,16)17)10-3-5-11(14)6-4-10/h3-6,12,18H,2,7-9H2,1H3.